The average Bonchev–Trinajstić information content (AvgIpc) is 1.82. The minimum atomic E-state index is -0.737. The van der Waals surface area contributed by atoms with Gasteiger partial charge in [0.2, 0.25) is 0 Å². The van der Waals surface area contributed by atoms with Gasteiger partial charge in [-0.15, -0.1) is 0 Å². The van der Waals surface area contributed by atoms with Crippen LogP contribution in [0.3, 0.4) is 0 Å². The predicted molar refractivity (Wildman–Crippen MR) is 43.3 cm³/mol. The Morgan fingerprint density at radius 1 is 1.44 bits per heavy atom. The maximum atomic E-state index is 10.1. The molecule has 0 aliphatic heterocycles. The molecule has 54 valence electrons. The van der Waals surface area contributed by atoms with Crippen LogP contribution in [-0.4, -0.2) is 21.7 Å². The molecule has 0 saturated carbocycles. The number of rotatable bonds is 4. The zero-order valence-electron chi connectivity index (χ0n) is 4.81. The van der Waals surface area contributed by atoms with Crippen LogP contribution in [0.4, 0.5) is 0 Å². The van der Waals surface area contributed by atoms with E-state index in [1.165, 1.54) is 0 Å². The third-order valence-corrected chi connectivity index (χ3v) is 2.73. The Morgan fingerprint density at radius 2 is 1.89 bits per heavy atom. The van der Waals surface area contributed by atoms with Crippen molar-refractivity contribution in [1.82, 2.24) is 0 Å². The van der Waals surface area contributed by atoms with Crippen molar-refractivity contribution in [2.45, 2.75) is 6.42 Å². The third kappa shape index (κ3) is 4.90. The van der Waals surface area contributed by atoms with Gasteiger partial charge < -0.3 is 5.11 Å². The Balaban J connectivity index is 3.43. The highest BCUT2D eigenvalue weighted by Crippen LogP contribution is 2.09. The highest BCUT2D eigenvalue weighted by Gasteiger charge is 2.08. The van der Waals surface area contributed by atoms with E-state index in [2.05, 4.69) is 31.9 Å². The first kappa shape index (κ1) is 9.43. The second-order valence-electron chi connectivity index (χ2n) is 1.77. The number of carboxylic acid groups (broad SMARTS) is 1. The van der Waals surface area contributed by atoms with E-state index in [1.807, 2.05) is 0 Å². The summed E-state index contributed by atoms with van der Waals surface area (Å²) in [4.78, 5) is 10.1. The number of aliphatic carboxylic acids is 1. The lowest BCUT2D eigenvalue weighted by molar-refractivity contribution is -0.137. The summed E-state index contributed by atoms with van der Waals surface area (Å²) in [6.45, 7) is 0. The minimum absolute atomic E-state index is 0.211. The molecule has 0 unspecified atom stereocenters. The maximum Gasteiger partial charge on any atom is 0.303 e. The van der Waals surface area contributed by atoms with E-state index in [0.717, 1.165) is 10.7 Å². The molecule has 0 heterocycles. The van der Waals surface area contributed by atoms with Crippen LogP contribution in [0, 0.1) is 5.92 Å². The predicted octanol–water partition coefficient (Wildman–Crippen LogP) is 1.87. The number of halogens is 2. The van der Waals surface area contributed by atoms with Crippen molar-refractivity contribution >= 4 is 37.8 Å². The van der Waals surface area contributed by atoms with Gasteiger partial charge in [-0.05, 0) is 5.92 Å². The molecule has 0 aliphatic carbocycles. The van der Waals surface area contributed by atoms with Crippen LogP contribution >= 0.6 is 31.9 Å². The van der Waals surface area contributed by atoms with Crippen molar-refractivity contribution in [2.75, 3.05) is 10.7 Å². The molecule has 0 saturated heterocycles. The first-order valence-electron chi connectivity index (χ1n) is 2.54. The van der Waals surface area contributed by atoms with Gasteiger partial charge >= 0.3 is 5.97 Å². The van der Waals surface area contributed by atoms with E-state index in [0.29, 0.717) is 0 Å². The van der Waals surface area contributed by atoms with Gasteiger partial charge in [-0.3, -0.25) is 4.79 Å². The molecule has 0 aliphatic rings. The largest absolute Gasteiger partial charge is 0.481 e. The van der Waals surface area contributed by atoms with Crippen LogP contribution in [-0.2, 0) is 4.79 Å². The molecule has 0 aromatic carbocycles. The van der Waals surface area contributed by atoms with Gasteiger partial charge in [-0.2, -0.15) is 0 Å². The molecule has 4 heteroatoms. The average molecular weight is 260 g/mol. The summed E-state index contributed by atoms with van der Waals surface area (Å²) in [6, 6.07) is 0. The topological polar surface area (TPSA) is 37.3 Å². The molecule has 0 bridgehead atoms. The molecule has 0 rings (SSSR count). The fraction of sp³-hybridized carbons (Fsp3) is 0.800. The molecule has 1 N–H and O–H groups in total. The second-order valence-corrected chi connectivity index (χ2v) is 3.07. The lowest BCUT2D eigenvalue weighted by Gasteiger charge is -2.04. The van der Waals surface area contributed by atoms with E-state index in [1.54, 1.807) is 0 Å². The van der Waals surface area contributed by atoms with E-state index in [9.17, 15) is 4.79 Å². The maximum absolute atomic E-state index is 10.1. The van der Waals surface area contributed by atoms with Crippen LogP contribution in [0.2, 0.25) is 0 Å². The van der Waals surface area contributed by atoms with Crippen LogP contribution < -0.4 is 0 Å². The first-order chi connectivity index (χ1) is 4.20. The summed E-state index contributed by atoms with van der Waals surface area (Å²) < 4.78 is 0. The summed E-state index contributed by atoms with van der Waals surface area (Å²) in [5.74, 6) is -0.526. The summed E-state index contributed by atoms with van der Waals surface area (Å²) in [5.41, 5.74) is 0. The molecule has 0 aromatic rings. The van der Waals surface area contributed by atoms with E-state index in [4.69, 9.17) is 5.11 Å². The van der Waals surface area contributed by atoms with Gasteiger partial charge in [-0.25, -0.2) is 0 Å². The first-order valence-corrected chi connectivity index (χ1v) is 4.78. The van der Waals surface area contributed by atoms with Gasteiger partial charge in [0.25, 0.3) is 0 Å². The van der Waals surface area contributed by atoms with Crippen molar-refractivity contribution in [3.63, 3.8) is 0 Å². The molecule has 0 spiro atoms. The van der Waals surface area contributed by atoms with E-state index < -0.39 is 5.97 Å². The SMILES string of the molecule is O=C(O)CC(CBr)CBr. The van der Waals surface area contributed by atoms with Gasteiger partial charge in [0.05, 0.1) is 0 Å². The summed E-state index contributed by atoms with van der Waals surface area (Å²) in [7, 11) is 0. The smallest absolute Gasteiger partial charge is 0.303 e. The molecular weight excluding hydrogens is 252 g/mol. The van der Waals surface area contributed by atoms with Crippen molar-refractivity contribution in [3.05, 3.63) is 0 Å². The Hall–Kier alpha value is 0.430. The zero-order chi connectivity index (χ0) is 7.28. The second kappa shape index (κ2) is 5.23. The molecule has 0 atom stereocenters. The van der Waals surface area contributed by atoms with Crippen molar-refractivity contribution < 1.29 is 9.90 Å². The minimum Gasteiger partial charge on any atom is -0.481 e. The number of hydrogen-bond donors (Lipinski definition) is 1. The monoisotopic (exact) mass is 258 g/mol. The molecule has 9 heavy (non-hydrogen) atoms. The molecule has 0 aromatic heterocycles. The Labute approximate surface area is 70.9 Å². The van der Waals surface area contributed by atoms with Gasteiger partial charge in [0.1, 0.15) is 0 Å². The molecule has 0 radical (unpaired) electrons. The Kier molecular flexibility index (Phi) is 5.48. The van der Waals surface area contributed by atoms with E-state index in [-0.39, 0.29) is 12.3 Å². The van der Waals surface area contributed by atoms with Gasteiger partial charge in [0, 0.05) is 17.1 Å². The van der Waals surface area contributed by atoms with Crippen LogP contribution in [0.1, 0.15) is 6.42 Å². The lowest BCUT2D eigenvalue weighted by atomic mass is 10.1. The molecular formula is C5H8Br2O2. The van der Waals surface area contributed by atoms with Crippen LogP contribution in [0.15, 0.2) is 0 Å². The van der Waals surface area contributed by atoms with Gasteiger partial charge in [0.15, 0.2) is 0 Å². The number of hydrogen-bond acceptors (Lipinski definition) is 1. The fourth-order valence-electron chi connectivity index (χ4n) is 0.397. The Bertz CT molecular complexity index is 91.0. The molecule has 2 nitrogen and oxygen atoms in total. The summed E-state index contributed by atoms with van der Waals surface area (Å²) in [5, 5.41) is 9.79. The van der Waals surface area contributed by atoms with Gasteiger partial charge in [-0.1, -0.05) is 31.9 Å². The summed E-state index contributed by atoms with van der Waals surface area (Å²) >= 11 is 6.42. The molecule has 0 fully saturated rings. The third-order valence-electron chi connectivity index (χ3n) is 0.900. The molecule has 0 amide bonds. The van der Waals surface area contributed by atoms with Crippen molar-refractivity contribution in [2.24, 2.45) is 5.92 Å². The van der Waals surface area contributed by atoms with Crippen molar-refractivity contribution in [1.29, 1.82) is 0 Å². The van der Waals surface area contributed by atoms with Crippen LogP contribution in [0.5, 0.6) is 0 Å². The Morgan fingerprint density at radius 3 is 2.00 bits per heavy atom. The number of carboxylic acids is 1. The highest BCUT2D eigenvalue weighted by atomic mass is 79.9. The van der Waals surface area contributed by atoms with Crippen molar-refractivity contribution in [3.8, 4) is 0 Å². The number of carbonyl (C=O) groups is 1. The zero-order valence-corrected chi connectivity index (χ0v) is 7.98. The van der Waals surface area contributed by atoms with Crippen LogP contribution in [0.25, 0.3) is 0 Å². The lowest BCUT2D eigenvalue weighted by Crippen LogP contribution is -2.09. The number of alkyl halides is 2. The normalized spacial score (nSPS) is 10.1. The highest BCUT2D eigenvalue weighted by molar-refractivity contribution is 9.09. The fourth-order valence-corrected chi connectivity index (χ4v) is 1.93. The standard InChI is InChI=1S/C5H8Br2O2/c6-2-4(3-7)1-5(8)9/h4H,1-3H2,(H,8,9). The van der Waals surface area contributed by atoms with E-state index >= 15 is 0 Å². The quantitative estimate of drug-likeness (QED) is 0.783. The summed E-state index contributed by atoms with van der Waals surface area (Å²) in [6.07, 6.45) is 0.233.